The second-order valence-electron chi connectivity index (χ2n) is 5.83. The Kier molecular flexibility index (Phi) is 5.59. The van der Waals surface area contributed by atoms with Gasteiger partial charge in [-0.3, -0.25) is 4.79 Å². The van der Waals surface area contributed by atoms with E-state index < -0.39 is 11.9 Å². The molecule has 1 atom stereocenters. The van der Waals surface area contributed by atoms with Crippen molar-refractivity contribution in [2.75, 3.05) is 0 Å². The standard InChI is InChI=1S/C19H16Cl2FN3O/c1-25-9-8-23-19(25)18(14-4-2-3-5-16(14)22)24-17(26)10-12-6-7-13(20)11-15(12)21/h2-9,11,18H,10H2,1H3,(H,24,26). The third-order valence-electron chi connectivity index (χ3n) is 4.00. The smallest absolute Gasteiger partial charge is 0.225 e. The van der Waals surface area contributed by atoms with Crippen LogP contribution < -0.4 is 5.32 Å². The molecule has 26 heavy (non-hydrogen) atoms. The zero-order chi connectivity index (χ0) is 18.7. The Hall–Kier alpha value is -2.37. The zero-order valence-electron chi connectivity index (χ0n) is 13.9. The molecule has 7 heteroatoms. The largest absolute Gasteiger partial charge is 0.342 e. The first kappa shape index (κ1) is 18.4. The minimum Gasteiger partial charge on any atom is -0.342 e. The van der Waals surface area contributed by atoms with Crippen molar-refractivity contribution in [3.63, 3.8) is 0 Å². The van der Waals surface area contributed by atoms with Crippen LogP contribution in [0.2, 0.25) is 10.0 Å². The van der Waals surface area contributed by atoms with Crippen molar-refractivity contribution in [1.82, 2.24) is 14.9 Å². The monoisotopic (exact) mass is 391 g/mol. The lowest BCUT2D eigenvalue weighted by molar-refractivity contribution is -0.121. The molecule has 1 aromatic heterocycles. The maximum atomic E-state index is 14.3. The quantitative estimate of drug-likeness (QED) is 0.703. The fourth-order valence-corrected chi connectivity index (χ4v) is 3.17. The van der Waals surface area contributed by atoms with Crippen molar-refractivity contribution in [2.24, 2.45) is 7.05 Å². The van der Waals surface area contributed by atoms with Gasteiger partial charge in [-0.15, -0.1) is 0 Å². The number of nitrogens with one attached hydrogen (secondary N) is 1. The van der Waals surface area contributed by atoms with Gasteiger partial charge in [-0.2, -0.15) is 0 Å². The average molecular weight is 392 g/mol. The molecule has 0 spiro atoms. The van der Waals surface area contributed by atoms with E-state index in [0.717, 1.165) is 0 Å². The summed E-state index contributed by atoms with van der Waals surface area (Å²) in [6.07, 6.45) is 3.39. The Morgan fingerprint density at radius 1 is 1.27 bits per heavy atom. The van der Waals surface area contributed by atoms with E-state index in [9.17, 15) is 9.18 Å². The van der Waals surface area contributed by atoms with E-state index in [1.54, 1.807) is 60.4 Å². The third kappa shape index (κ3) is 4.06. The summed E-state index contributed by atoms with van der Waals surface area (Å²) in [4.78, 5) is 16.8. The number of benzene rings is 2. The van der Waals surface area contributed by atoms with Crippen molar-refractivity contribution in [3.05, 3.63) is 87.7 Å². The highest BCUT2D eigenvalue weighted by molar-refractivity contribution is 6.35. The van der Waals surface area contributed by atoms with Crippen molar-refractivity contribution in [1.29, 1.82) is 0 Å². The fraction of sp³-hybridized carbons (Fsp3) is 0.158. The highest BCUT2D eigenvalue weighted by Gasteiger charge is 2.23. The van der Waals surface area contributed by atoms with E-state index in [1.165, 1.54) is 6.07 Å². The molecule has 3 aromatic rings. The Morgan fingerprint density at radius 3 is 2.69 bits per heavy atom. The maximum absolute atomic E-state index is 14.3. The number of hydrogen-bond acceptors (Lipinski definition) is 2. The molecule has 1 unspecified atom stereocenters. The Bertz CT molecular complexity index is 942. The van der Waals surface area contributed by atoms with E-state index >= 15 is 0 Å². The van der Waals surface area contributed by atoms with Crippen molar-refractivity contribution < 1.29 is 9.18 Å². The van der Waals surface area contributed by atoms with Crippen LogP contribution in [0.25, 0.3) is 0 Å². The number of nitrogens with zero attached hydrogens (tertiary/aromatic N) is 2. The summed E-state index contributed by atoms with van der Waals surface area (Å²) in [7, 11) is 1.79. The minimum absolute atomic E-state index is 0.0470. The van der Waals surface area contributed by atoms with Crippen LogP contribution in [0, 0.1) is 5.82 Å². The first-order chi connectivity index (χ1) is 12.5. The van der Waals surface area contributed by atoms with Gasteiger partial charge in [0.15, 0.2) is 0 Å². The van der Waals surface area contributed by atoms with Crippen LogP contribution in [0.1, 0.15) is 23.0 Å². The van der Waals surface area contributed by atoms with Gasteiger partial charge in [0.05, 0.1) is 6.42 Å². The first-order valence-corrected chi connectivity index (χ1v) is 8.66. The molecule has 0 aliphatic heterocycles. The van der Waals surface area contributed by atoms with E-state index in [1.807, 2.05) is 0 Å². The predicted octanol–water partition coefficient (Wildman–Crippen LogP) is 4.31. The van der Waals surface area contributed by atoms with Gasteiger partial charge < -0.3 is 9.88 Å². The number of carbonyl (C=O) groups is 1. The zero-order valence-corrected chi connectivity index (χ0v) is 15.4. The van der Waals surface area contributed by atoms with Crippen LogP contribution in [-0.4, -0.2) is 15.5 Å². The van der Waals surface area contributed by atoms with Crippen LogP contribution in [0.5, 0.6) is 0 Å². The number of aryl methyl sites for hydroxylation is 1. The normalized spacial score (nSPS) is 12.0. The Morgan fingerprint density at radius 2 is 2.04 bits per heavy atom. The minimum atomic E-state index is -0.713. The highest BCUT2D eigenvalue weighted by atomic mass is 35.5. The number of carbonyl (C=O) groups excluding carboxylic acids is 1. The molecular formula is C19H16Cl2FN3O. The number of rotatable bonds is 5. The Labute approximate surface area is 160 Å². The molecule has 0 saturated carbocycles. The molecule has 3 rings (SSSR count). The number of hydrogen-bond donors (Lipinski definition) is 1. The second kappa shape index (κ2) is 7.89. The summed E-state index contributed by atoms with van der Waals surface area (Å²) in [5.41, 5.74) is 0.984. The molecule has 0 aliphatic rings. The van der Waals surface area contributed by atoms with Gasteiger partial charge in [-0.05, 0) is 23.8 Å². The van der Waals surface area contributed by atoms with E-state index in [0.29, 0.717) is 27.0 Å². The van der Waals surface area contributed by atoms with Gasteiger partial charge in [-0.25, -0.2) is 9.37 Å². The van der Waals surface area contributed by atoms with Gasteiger partial charge >= 0.3 is 0 Å². The number of imidazole rings is 1. The van der Waals surface area contributed by atoms with Crippen LogP contribution in [0.15, 0.2) is 54.9 Å². The maximum Gasteiger partial charge on any atom is 0.225 e. The lowest BCUT2D eigenvalue weighted by Crippen LogP contribution is -2.32. The lowest BCUT2D eigenvalue weighted by Gasteiger charge is -2.20. The van der Waals surface area contributed by atoms with E-state index in [-0.39, 0.29) is 12.3 Å². The molecule has 134 valence electrons. The van der Waals surface area contributed by atoms with Crippen LogP contribution in [0.4, 0.5) is 4.39 Å². The summed E-state index contributed by atoms with van der Waals surface area (Å²) in [6.45, 7) is 0. The summed E-state index contributed by atoms with van der Waals surface area (Å²) < 4.78 is 16.1. The predicted molar refractivity (Wildman–Crippen MR) is 99.8 cm³/mol. The number of aromatic nitrogens is 2. The third-order valence-corrected chi connectivity index (χ3v) is 4.59. The molecule has 2 aromatic carbocycles. The molecule has 4 nitrogen and oxygen atoms in total. The topological polar surface area (TPSA) is 46.9 Å². The molecule has 1 amide bonds. The summed E-state index contributed by atoms with van der Waals surface area (Å²) in [5.74, 6) is -0.179. The second-order valence-corrected chi connectivity index (χ2v) is 6.67. The fourth-order valence-electron chi connectivity index (χ4n) is 2.70. The van der Waals surface area contributed by atoms with Crippen LogP contribution in [0.3, 0.4) is 0 Å². The number of amides is 1. The lowest BCUT2D eigenvalue weighted by atomic mass is 10.0. The summed E-state index contributed by atoms with van der Waals surface area (Å²) in [5, 5.41) is 3.76. The average Bonchev–Trinajstić information content (AvgIpc) is 3.02. The van der Waals surface area contributed by atoms with Crippen LogP contribution in [-0.2, 0) is 18.3 Å². The molecule has 0 saturated heterocycles. The SMILES string of the molecule is Cn1ccnc1C(NC(=O)Cc1ccc(Cl)cc1Cl)c1ccccc1F. The van der Waals surface area contributed by atoms with Crippen LogP contribution >= 0.6 is 23.2 Å². The molecule has 0 radical (unpaired) electrons. The summed E-state index contributed by atoms with van der Waals surface area (Å²) in [6, 6.07) is 10.5. The van der Waals surface area contributed by atoms with Gasteiger partial charge in [-0.1, -0.05) is 47.5 Å². The van der Waals surface area contributed by atoms with Crippen molar-refractivity contribution >= 4 is 29.1 Å². The molecular weight excluding hydrogens is 376 g/mol. The van der Waals surface area contributed by atoms with Gasteiger partial charge in [0.1, 0.15) is 17.7 Å². The van der Waals surface area contributed by atoms with Crippen molar-refractivity contribution in [3.8, 4) is 0 Å². The van der Waals surface area contributed by atoms with Gasteiger partial charge in [0.25, 0.3) is 0 Å². The first-order valence-electron chi connectivity index (χ1n) is 7.90. The highest BCUT2D eigenvalue weighted by Crippen LogP contribution is 2.25. The van der Waals surface area contributed by atoms with E-state index in [2.05, 4.69) is 10.3 Å². The molecule has 1 N–H and O–H groups in total. The molecule has 0 fully saturated rings. The molecule has 1 heterocycles. The summed E-state index contributed by atoms with van der Waals surface area (Å²) >= 11 is 12.0. The van der Waals surface area contributed by atoms with Gasteiger partial charge in [0, 0.05) is 35.1 Å². The Balaban J connectivity index is 1.87. The molecule has 0 bridgehead atoms. The van der Waals surface area contributed by atoms with Crippen molar-refractivity contribution in [2.45, 2.75) is 12.5 Å². The molecule has 0 aliphatic carbocycles. The number of halogens is 3. The van der Waals surface area contributed by atoms with E-state index in [4.69, 9.17) is 23.2 Å². The van der Waals surface area contributed by atoms with Gasteiger partial charge in [0.2, 0.25) is 5.91 Å².